The first-order valence-corrected chi connectivity index (χ1v) is 8.18. The summed E-state index contributed by atoms with van der Waals surface area (Å²) in [5.41, 5.74) is -2.03. The van der Waals surface area contributed by atoms with Crippen LogP contribution in [0, 0.1) is 5.41 Å². The molecule has 1 aliphatic carbocycles. The van der Waals surface area contributed by atoms with E-state index in [1.165, 1.54) is 26.4 Å². The molecule has 0 radical (unpaired) electrons. The minimum atomic E-state index is -1.12. The SMILES string of the molecule is CC=C[C@]1(O)CCC[C@]1(C=CCCCCCC)C(=O)OC. The van der Waals surface area contributed by atoms with Gasteiger partial charge in [-0.05, 0) is 39.0 Å². The van der Waals surface area contributed by atoms with Crippen molar-refractivity contribution in [2.75, 3.05) is 7.11 Å². The van der Waals surface area contributed by atoms with Crippen molar-refractivity contribution in [2.45, 2.75) is 70.8 Å². The van der Waals surface area contributed by atoms with Gasteiger partial charge in [0.25, 0.3) is 0 Å². The van der Waals surface area contributed by atoms with E-state index in [2.05, 4.69) is 6.92 Å². The molecule has 0 aromatic heterocycles. The average Bonchev–Trinajstić information content (AvgIpc) is 2.80. The smallest absolute Gasteiger partial charge is 0.318 e. The number of ether oxygens (including phenoxy) is 1. The summed E-state index contributed by atoms with van der Waals surface area (Å²) in [4.78, 5) is 12.3. The number of carbonyl (C=O) groups excluding carboxylic acids is 1. The molecule has 1 fully saturated rings. The lowest BCUT2D eigenvalue weighted by atomic mass is 9.73. The molecule has 1 saturated carbocycles. The van der Waals surface area contributed by atoms with E-state index in [4.69, 9.17) is 4.74 Å². The van der Waals surface area contributed by atoms with E-state index >= 15 is 0 Å². The van der Waals surface area contributed by atoms with E-state index in [0.29, 0.717) is 12.8 Å². The van der Waals surface area contributed by atoms with Crippen molar-refractivity contribution >= 4 is 5.97 Å². The van der Waals surface area contributed by atoms with Gasteiger partial charge in [-0.2, -0.15) is 0 Å². The van der Waals surface area contributed by atoms with Crippen LogP contribution in [-0.2, 0) is 9.53 Å². The first-order chi connectivity index (χ1) is 10.1. The summed E-state index contributed by atoms with van der Waals surface area (Å²) in [6.45, 7) is 4.06. The molecule has 0 bridgehead atoms. The molecular formula is C18H30O3. The minimum absolute atomic E-state index is 0.328. The van der Waals surface area contributed by atoms with E-state index in [9.17, 15) is 9.90 Å². The number of unbranched alkanes of at least 4 members (excludes halogenated alkanes) is 4. The first kappa shape index (κ1) is 18.0. The second-order valence-corrected chi connectivity index (χ2v) is 5.99. The number of rotatable bonds is 8. The zero-order valence-corrected chi connectivity index (χ0v) is 13.7. The van der Waals surface area contributed by atoms with E-state index < -0.39 is 11.0 Å². The van der Waals surface area contributed by atoms with E-state index in [0.717, 1.165) is 19.3 Å². The molecule has 0 aromatic carbocycles. The molecule has 21 heavy (non-hydrogen) atoms. The summed E-state index contributed by atoms with van der Waals surface area (Å²) < 4.78 is 4.99. The van der Waals surface area contributed by atoms with Crippen LogP contribution < -0.4 is 0 Å². The largest absolute Gasteiger partial charge is 0.468 e. The molecule has 3 heteroatoms. The highest BCUT2D eigenvalue weighted by Crippen LogP contribution is 2.49. The highest BCUT2D eigenvalue weighted by molar-refractivity contribution is 5.82. The summed E-state index contributed by atoms with van der Waals surface area (Å²) in [7, 11) is 1.40. The van der Waals surface area contributed by atoms with E-state index in [-0.39, 0.29) is 5.97 Å². The predicted octanol–water partition coefficient (Wildman–Crippen LogP) is 4.16. The van der Waals surface area contributed by atoms with Crippen molar-refractivity contribution < 1.29 is 14.6 Å². The highest BCUT2D eigenvalue weighted by atomic mass is 16.5. The Hall–Kier alpha value is -1.09. The molecule has 1 aliphatic rings. The molecule has 3 nitrogen and oxygen atoms in total. The number of allylic oxidation sites excluding steroid dienone is 2. The molecule has 0 aliphatic heterocycles. The summed E-state index contributed by atoms with van der Waals surface area (Å²) in [6, 6.07) is 0. The van der Waals surface area contributed by atoms with Gasteiger partial charge in [0.1, 0.15) is 11.0 Å². The lowest BCUT2D eigenvalue weighted by Crippen LogP contribution is -2.47. The molecule has 0 amide bonds. The Balaban J connectivity index is 2.85. The molecule has 0 heterocycles. The van der Waals surface area contributed by atoms with Gasteiger partial charge in [0.15, 0.2) is 0 Å². The van der Waals surface area contributed by atoms with Gasteiger partial charge < -0.3 is 9.84 Å². The third-order valence-electron chi connectivity index (χ3n) is 4.52. The third kappa shape index (κ3) is 3.97. The summed E-state index contributed by atoms with van der Waals surface area (Å²) in [6.07, 6.45) is 15.4. The Bertz CT molecular complexity index is 386. The topological polar surface area (TPSA) is 46.5 Å². The van der Waals surface area contributed by atoms with Crippen LogP contribution in [0.2, 0.25) is 0 Å². The number of carbonyl (C=O) groups is 1. The monoisotopic (exact) mass is 294 g/mol. The van der Waals surface area contributed by atoms with Crippen LogP contribution >= 0.6 is 0 Å². The van der Waals surface area contributed by atoms with Gasteiger partial charge in [-0.25, -0.2) is 0 Å². The lowest BCUT2D eigenvalue weighted by Gasteiger charge is -2.35. The molecule has 2 atom stereocenters. The van der Waals surface area contributed by atoms with Crippen molar-refractivity contribution in [1.29, 1.82) is 0 Å². The molecular weight excluding hydrogens is 264 g/mol. The maximum Gasteiger partial charge on any atom is 0.318 e. The van der Waals surface area contributed by atoms with Crippen molar-refractivity contribution in [2.24, 2.45) is 5.41 Å². The molecule has 0 aromatic rings. The zero-order valence-electron chi connectivity index (χ0n) is 13.7. The fraction of sp³-hybridized carbons (Fsp3) is 0.722. The quantitative estimate of drug-likeness (QED) is 0.415. The average molecular weight is 294 g/mol. The minimum Gasteiger partial charge on any atom is -0.468 e. The summed E-state index contributed by atoms with van der Waals surface area (Å²) in [5, 5.41) is 10.9. The van der Waals surface area contributed by atoms with Gasteiger partial charge in [0.2, 0.25) is 0 Å². The molecule has 0 spiro atoms. The Morgan fingerprint density at radius 3 is 2.62 bits per heavy atom. The highest BCUT2D eigenvalue weighted by Gasteiger charge is 2.56. The van der Waals surface area contributed by atoms with Crippen LogP contribution in [-0.4, -0.2) is 23.8 Å². The maximum absolute atomic E-state index is 12.3. The predicted molar refractivity (Wildman–Crippen MR) is 86.0 cm³/mol. The molecule has 120 valence electrons. The standard InChI is InChI=1S/C18H30O3/c1-4-6-7-8-9-10-13-17(16(19)21-3)14-11-15-18(17,20)12-5-2/h5,10,12-13,20H,4,6-9,11,14-15H2,1-3H3/t17-,18+/m1/s1. The van der Waals surface area contributed by atoms with Gasteiger partial charge in [-0.3, -0.25) is 4.79 Å². The maximum atomic E-state index is 12.3. The van der Waals surface area contributed by atoms with Crippen LogP contribution in [0.25, 0.3) is 0 Å². The van der Waals surface area contributed by atoms with Crippen molar-refractivity contribution in [3.05, 3.63) is 24.3 Å². The van der Waals surface area contributed by atoms with Crippen LogP contribution in [0.3, 0.4) is 0 Å². The molecule has 1 rings (SSSR count). The lowest BCUT2D eigenvalue weighted by molar-refractivity contribution is -0.158. The fourth-order valence-electron chi connectivity index (χ4n) is 3.31. The van der Waals surface area contributed by atoms with Crippen molar-refractivity contribution in [3.8, 4) is 0 Å². The number of hydrogen-bond donors (Lipinski definition) is 1. The van der Waals surface area contributed by atoms with Gasteiger partial charge in [0.05, 0.1) is 7.11 Å². The number of esters is 1. The molecule has 1 N–H and O–H groups in total. The summed E-state index contributed by atoms with van der Waals surface area (Å²) >= 11 is 0. The number of methoxy groups -OCH3 is 1. The van der Waals surface area contributed by atoms with Crippen LogP contribution in [0.1, 0.15) is 65.2 Å². The van der Waals surface area contributed by atoms with Gasteiger partial charge in [-0.15, -0.1) is 0 Å². The second-order valence-electron chi connectivity index (χ2n) is 5.99. The Kier molecular flexibility index (Phi) is 7.16. The Morgan fingerprint density at radius 2 is 2.00 bits per heavy atom. The van der Waals surface area contributed by atoms with Gasteiger partial charge >= 0.3 is 5.97 Å². The van der Waals surface area contributed by atoms with Crippen LogP contribution in [0.5, 0.6) is 0 Å². The first-order valence-electron chi connectivity index (χ1n) is 8.18. The molecule has 0 saturated heterocycles. The normalized spacial score (nSPS) is 29.5. The van der Waals surface area contributed by atoms with Crippen molar-refractivity contribution in [3.63, 3.8) is 0 Å². The number of aliphatic hydroxyl groups is 1. The van der Waals surface area contributed by atoms with Gasteiger partial charge in [-0.1, -0.05) is 50.5 Å². The Morgan fingerprint density at radius 1 is 1.24 bits per heavy atom. The molecule has 0 unspecified atom stereocenters. The van der Waals surface area contributed by atoms with E-state index in [1.807, 2.05) is 25.2 Å². The third-order valence-corrected chi connectivity index (χ3v) is 4.52. The fourth-order valence-corrected chi connectivity index (χ4v) is 3.31. The summed E-state index contributed by atoms with van der Waals surface area (Å²) in [5.74, 6) is -0.328. The van der Waals surface area contributed by atoms with E-state index in [1.54, 1.807) is 6.08 Å². The van der Waals surface area contributed by atoms with Crippen LogP contribution in [0.15, 0.2) is 24.3 Å². The zero-order chi connectivity index (χ0) is 15.8. The van der Waals surface area contributed by atoms with Crippen LogP contribution in [0.4, 0.5) is 0 Å². The van der Waals surface area contributed by atoms with Gasteiger partial charge in [0, 0.05) is 0 Å². The number of hydrogen-bond acceptors (Lipinski definition) is 3. The van der Waals surface area contributed by atoms with Crippen molar-refractivity contribution in [1.82, 2.24) is 0 Å². The Labute approximate surface area is 129 Å². The second kappa shape index (κ2) is 8.38.